The molecule has 0 aromatic carbocycles. The van der Waals surface area contributed by atoms with Crippen LogP contribution in [0.3, 0.4) is 0 Å². The van der Waals surface area contributed by atoms with E-state index in [9.17, 15) is 0 Å². The van der Waals surface area contributed by atoms with Gasteiger partial charge in [0, 0.05) is 18.0 Å². The maximum Gasteiger partial charge on any atom is 0.250 e. The van der Waals surface area contributed by atoms with Gasteiger partial charge in [0.05, 0.1) is 11.6 Å². The Kier molecular flexibility index (Phi) is 7.09. The molecule has 1 aromatic rings. The van der Waals surface area contributed by atoms with Gasteiger partial charge in [0.2, 0.25) is 8.32 Å². The van der Waals surface area contributed by atoms with Gasteiger partial charge in [-0.25, -0.2) is 4.98 Å². The Hall–Kier alpha value is -0.983. The summed E-state index contributed by atoms with van der Waals surface area (Å²) in [6.45, 7) is 18.5. The highest BCUT2D eigenvalue weighted by atomic mass is 32.2. The Morgan fingerprint density at radius 2 is 1.93 bits per heavy atom. The van der Waals surface area contributed by atoms with Crippen LogP contribution in [0.1, 0.15) is 48.0 Å². The predicted octanol–water partition coefficient (Wildman–Crippen LogP) is 6.21. The molecule has 4 nitrogen and oxygen atoms in total. The number of rotatable bonds is 6. The van der Waals surface area contributed by atoms with Crippen LogP contribution < -0.4 is 0 Å². The van der Waals surface area contributed by atoms with E-state index in [0.717, 1.165) is 17.2 Å². The molecule has 1 aliphatic heterocycles. The number of allylic oxidation sites excluding steroid dienone is 1. The fourth-order valence-electron chi connectivity index (χ4n) is 2.25. The molecular formula is C21H35NO3SSi. The molecule has 2 heterocycles. The first kappa shape index (κ1) is 22.3. The number of pyridine rings is 1. The summed E-state index contributed by atoms with van der Waals surface area (Å²) in [7, 11) is -1.93. The van der Waals surface area contributed by atoms with Gasteiger partial charge in [0.15, 0.2) is 0 Å². The van der Waals surface area contributed by atoms with Crippen molar-refractivity contribution in [3.63, 3.8) is 0 Å². The number of nitrogens with zero attached hydrogens (tertiary/aromatic N) is 1. The molecule has 1 aromatic heterocycles. The fourth-order valence-corrected chi connectivity index (χ4v) is 4.50. The molecule has 1 aliphatic rings. The maximum absolute atomic E-state index is 6.60. The number of hydrogen-bond donors (Lipinski definition) is 0. The zero-order valence-corrected chi connectivity index (χ0v) is 19.9. The van der Waals surface area contributed by atoms with Crippen LogP contribution in [0.5, 0.6) is 0 Å². The summed E-state index contributed by atoms with van der Waals surface area (Å²) in [5, 5.41) is 1.10. The Morgan fingerprint density at radius 1 is 1.22 bits per heavy atom. The molecule has 2 atom stereocenters. The second-order valence-corrected chi connectivity index (χ2v) is 15.4. The number of ether oxygens (including phenoxy) is 2. The quantitative estimate of drug-likeness (QED) is 0.412. The van der Waals surface area contributed by atoms with Crippen molar-refractivity contribution < 1.29 is 13.9 Å². The van der Waals surface area contributed by atoms with Crippen molar-refractivity contribution in [1.82, 2.24) is 4.98 Å². The molecule has 152 valence electrons. The van der Waals surface area contributed by atoms with E-state index in [-0.39, 0.29) is 22.0 Å². The van der Waals surface area contributed by atoms with E-state index < -0.39 is 8.32 Å². The van der Waals surface area contributed by atoms with Gasteiger partial charge in [0.1, 0.15) is 23.6 Å². The first-order chi connectivity index (χ1) is 12.4. The SMILES string of the molecule is CC(C)(C)/C(=C/O[C@@H]1CCO[C@@H]1Sc1ccccn1)O[Si](C)(C)C(C)(C)C. The van der Waals surface area contributed by atoms with E-state index in [1.54, 1.807) is 18.0 Å². The van der Waals surface area contributed by atoms with E-state index in [1.165, 1.54) is 0 Å². The molecule has 0 radical (unpaired) electrons. The summed E-state index contributed by atoms with van der Waals surface area (Å²) < 4.78 is 18.7. The largest absolute Gasteiger partial charge is 0.544 e. The van der Waals surface area contributed by atoms with E-state index in [0.29, 0.717) is 6.61 Å². The Labute approximate surface area is 170 Å². The smallest absolute Gasteiger partial charge is 0.250 e. The second kappa shape index (κ2) is 8.58. The van der Waals surface area contributed by atoms with Gasteiger partial charge in [-0.05, 0) is 30.3 Å². The Balaban J connectivity index is 2.10. The molecule has 2 rings (SSSR count). The molecule has 0 amide bonds. The zero-order chi connectivity index (χ0) is 20.3. The normalized spacial score (nSPS) is 22.0. The van der Waals surface area contributed by atoms with E-state index >= 15 is 0 Å². The molecule has 0 spiro atoms. The van der Waals surface area contributed by atoms with Crippen molar-refractivity contribution in [3.05, 3.63) is 36.4 Å². The highest BCUT2D eigenvalue weighted by molar-refractivity contribution is 7.99. The van der Waals surface area contributed by atoms with Crippen molar-refractivity contribution in [1.29, 1.82) is 0 Å². The van der Waals surface area contributed by atoms with E-state index in [1.807, 2.05) is 24.5 Å². The van der Waals surface area contributed by atoms with Crippen LogP contribution in [0, 0.1) is 5.41 Å². The average Bonchev–Trinajstić information content (AvgIpc) is 2.97. The van der Waals surface area contributed by atoms with Gasteiger partial charge < -0.3 is 13.9 Å². The molecule has 6 heteroatoms. The molecular weight excluding hydrogens is 374 g/mol. The first-order valence-electron chi connectivity index (χ1n) is 9.64. The lowest BCUT2D eigenvalue weighted by Gasteiger charge is -2.40. The van der Waals surface area contributed by atoms with Crippen LogP contribution in [-0.4, -0.2) is 31.4 Å². The van der Waals surface area contributed by atoms with Crippen molar-refractivity contribution in [2.75, 3.05) is 6.61 Å². The van der Waals surface area contributed by atoms with Gasteiger partial charge in [-0.1, -0.05) is 59.4 Å². The lowest BCUT2D eigenvalue weighted by Crippen LogP contribution is -2.42. The minimum atomic E-state index is -1.93. The molecule has 0 bridgehead atoms. The summed E-state index contributed by atoms with van der Waals surface area (Å²) >= 11 is 1.62. The molecule has 1 saturated heterocycles. The minimum Gasteiger partial charge on any atom is -0.544 e. The van der Waals surface area contributed by atoms with Crippen LogP contribution in [-0.2, 0) is 13.9 Å². The van der Waals surface area contributed by atoms with Crippen LogP contribution >= 0.6 is 11.8 Å². The molecule has 0 N–H and O–H groups in total. The van der Waals surface area contributed by atoms with Crippen molar-refractivity contribution in [2.24, 2.45) is 5.41 Å². The third-order valence-electron chi connectivity index (χ3n) is 5.12. The van der Waals surface area contributed by atoms with Gasteiger partial charge in [-0.15, -0.1) is 0 Å². The van der Waals surface area contributed by atoms with Gasteiger partial charge in [-0.3, -0.25) is 0 Å². The summed E-state index contributed by atoms with van der Waals surface area (Å²) in [4.78, 5) is 4.38. The van der Waals surface area contributed by atoms with Crippen molar-refractivity contribution in [3.8, 4) is 0 Å². The zero-order valence-electron chi connectivity index (χ0n) is 18.0. The number of hydrogen-bond acceptors (Lipinski definition) is 5. The van der Waals surface area contributed by atoms with Crippen molar-refractivity contribution >= 4 is 20.1 Å². The fraction of sp³-hybridized carbons (Fsp3) is 0.667. The van der Waals surface area contributed by atoms with Crippen LogP contribution in [0.2, 0.25) is 18.1 Å². The minimum absolute atomic E-state index is 0.00243. The number of aromatic nitrogens is 1. The molecule has 0 unspecified atom stereocenters. The van der Waals surface area contributed by atoms with Crippen LogP contribution in [0.15, 0.2) is 41.4 Å². The molecule has 0 saturated carbocycles. The van der Waals surface area contributed by atoms with Crippen LogP contribution in [0.25, 0.3) is 0 Å². The topological polar surface area (TPSA) is 40.6 Å². The predicted molar refractivity (Wildman–Crippen MR) is 115 cm³/mol. The Morgan fingerprint density at radius 3 is 2.48 bits per heavy atom. The third kappa shape index (κ3) is 6.26. The van der Waals surface area contributed by atoms with Crippen molar-refractivity contribution in [2.45, 2.75) is 82.7 Å². The molecule has 0 aliphatic carbocycles. The Bertz CT molecular complexity index is 635. The lowest BCUT2D eigenvalue weighted by molar-refractivity contribution is 0.0803. The molecule has 27 heavy (non-hydrogen) atoms. The lowest BCUT2D eigenvalue weighted by atomic mass is 9.95. The third-order valence-corrected chi connectivity index (χ3v) is 10.6. The van der Waals surface area contributed by atoms with Crippen LogP contribution in [0.4, 0.5) is 0 Å². The summed E-state index contributed by atoms with van der Waals surface area (Å²) in [5.41, 5.74) is -0.163. The second-order valence-electron chi connectivity index (χ2n) is 9.58. The molecule has 1 fully saturated rings. The standard InChI is InChI=1S/C21H35NO3SSi/c1-20(2,3)17(25-27(7,8)21(4,5)6)15-24-16-12-14-23-19(16)26-18-11-9-10-13-22-18/h9-11,13,15-16,19H,12,14H2,1-8H3/b17-15-/t16-,19-/m1/s1. The maximum atomic E-state index is 6.60. The monoisotopic (exact) mass is 409 g/mol. The van der Waals surface area contributed by atoms with E-state index in [4.69, 9.17) is 13.9 Å². The van der Waals surface area contributed by atoms with Gasteiger partial charge in [0.25, 0.3) is 0 Å². The van der Waals surface area contributed by atoms with Gasteiger partial charge >= 0.3 is 0 Å². The summed E-state index contributed by atoms with van der Waals surface area (Å²) in [5.74, 6) is 0.919. The van der Waals surface area contributed by atoms with E-state index in [2.05, 4.69) is 59.6 Å². The first-order valence-corrected chi connectivity index (χ1v) is 13.4. The average molecular weight is 410 g/mol. The number of thioether (sulfide) groups is 1. The highest BCUT2D eigenvalue weighted by Gasteiger charge is 2.41. The summed E-state index contributed by atoms with van der Waals surface area (Å²) in [6, 6.07) is 5.91. The summed E-state index contributed by atoms with van der Waals surface area (Å²) in [6.07, 6.45) is 4.51. The highest BCUT2D eigenvalue weighted by Crippen LogP contribution is 2.41. The van der Waals surface area contributed by atoms with Gasteiger partial charge in [-0.2, -0.15) is 0 Å².